The lowest BCUT2D eigenvalue weighted by Gasteiger charge is -2.23. The van der Waals surface area contributed by atoms with E-state index in [0.717, 1.165) is 33.3 Å². The predicted molar refractivity (Wildman–Crippen MR) is 156 cm³/mol. The van der Waals surface area contributed by atoms with Crippen LogP contribution in [-0.4, -0.2) is 28.4 Å². The smallest absolute Gasteiger partial charge is 0.301 e. The van der Waals surface area contributed by atoms with Gasteiger partial charge in [0, 0.05) is 5.56 Å². The number of aromatic nitrogens is 1. The number of hydrogen-bond acceptors (Lipinski definition) is 6. The fourth-order valence-electron chi connectivity index (χ4n) is 4.86. The minimum atomic E-state index is -0.859. The quantitative estimate of drug-likeness (QED) is 0.151. The van der Waals surface area contributed by atoms with Crippen molar-refractivity contribution >= 4 is 44.1 Å². The van der Waals surface area contributed by atoms with Gasteiger partial charge in [0.2, 0.25) is 0 Å². The van der Waals surface area contributed by atoms with Crippen LogP contribution in [0, 0.1) is 26.7 Å². The van der Waals surface area contributed by atoms with Gasteiger partial charge in [-0.05, 0) is 68.0 Å². The Labute approximate surface area is 232 Å². The number of rotatable bonds is 7. The first-order chi connectivity index (χ1) is 18.6. The molecule has 1 aromatic heterocycles. The second-order valence-corrected chi connectivity index (χ2v) is 11.6. The maximum atomic E-state index is 13.6. The van der Waals surface area contributed by atoms with Gasteiger partial charge in [-0.1, -0.05) is 73.2 Å². The molecule has 7 heteroatoms. The molecule has 1 fully saturated rings. The van der Waals surface area contributed by atoms with Crippen LogP contribution in [0.3, 0.4) is 0 Å². The van der Waals surface area contributed by atoms with E-state index >= 15 is 0 Å². The standard InChI is InChI=1S/C32H32N2O4S/c1-18(2)13-14-38-24-8-6-7-23(17-24)28-26(29(35)22-11-9-19(3)10-12-22)30(36)31(37)34(28)32-33-27-21(5)15-20(4)16-25(27)39-32/h6-12,15-18,28,35H,13-14H2,1-5H3. The van der Waals surface area contributed by atoms with Crippen LogP contribution >= 0.6 is 11.3 Å². The maximum absolute atomic E-state index is 13.6. The summed E-state index contributed by atoms with van der Waals surface area (Å²) in [4.78, 5) is 33.4. The third kappa shape index (κ3) is 5.19. The lowest BCUT2D eigenvalue weighted by atomic mass is 9.95. The Morgan fingerprint density at radius 3 is 2.49 bits per heavy atom. The number of aryl methyl sites for hydroxylation is 3. The van der Waals surface area contributed by atoms with E-state index in [1.807, 2.05) is 69.3 Å². The van der Waals surface area contributed by atoms with Crippen LogP contribution in [0.2, 0.25) is 0 Å². The number of fused-ring (bicyclic) bond motifs is 1. The molecule has 0 bridgehead atoms. The molecule has 0 spiro atoms. The van der Waals surface area contributed by atoms with E-state index in [0.29, 0.717) is 34.5 Å². The number of aliphatic hydroxyl groups is 1. The van der Waals surface area contributed by atoms with Gasteiger partial charge in [-0.2, -0.15) is 0 Å². The van der Waals surface area contributed by atoms with Gasteiger partial charge in [0.05, 0.1) is 28.4 Å². The molecule has 2 heterocycles. The van der Waals surface area contributed by atoms with Crippen LogP contribution in [0.5, 0.6) is 5.75 Å². The molecule has 1 unspecified atom stereocenters. The summed E-state index contributed by atoms with van der Waals surface area (Å²) >= 11 is 1.37. The highest BCUT2D eigenvalue weighted by atomic mass is 32.1. The zero-order valence-corrected chi connectivity index (χ0v) is 23.6. The Balaban J connectivity index is 1.67. The first kappa shape index (κ1) is 26.6. The molecule has 0 radical (unpaired) electrons. The van der Waals surface area contributed by atoms with Gasteiger partial charge in [0.15, 0.2) is 5.13 Å². The number of carbonyl (C=O) groups excluding carboxylic acids is 2. The molecular formula is C32H32N2O4S. The average molecular weight is 541 g/mol. The van der Waals surface area contributed by atoms with Gasteiger partial charge < -0.3 is 9.84 Å². The van der Waals surface area contributed by atoms with E-state index in [1.54, 1.807) is 12.1 Å². The van der Waals surface area contributed by atoms with Crippen molar-refractivity contribution in [3.63, 3.8) is 0 Å². The monoisotopic (exact) mass is 540 g/mol. The number of nitrogens with zero attached hydrogens (tertiary/aromatic N) is 2. The zero-order valence-electron chi connectivity index (χ0n) is 22.8. The Kier molecular flexibility index (Phi) is 7.28. The van der Waals surface area contributed by atoms with E-state index in [1.165, 1.54) is 16.2 Å². The first-order valence-corrected chi connectivity index (χ1v) is 13.9. The molecule has 1 amide bonds. The largest absolute Gasteiger partial charge is 0.507 e. The second kappa shape index (κ2) is 10.7. The summed E-state index contributed by atoms with van der Waals surface area (Å²) in [5.74, 6) is -0.518. The van der Waals surface area contributed by atoms with Gasteiger partial charge in [-0.3, -0.25) is 14.5 Å². The molecule has 3 aromatic carbocycles. The molecule has 1 aliphatic rings. The normalized spacial score (nSPS) is 17.0. The van der Waals surface area contributed by atoms with Gasteiger partial charge in [-0.25, -0.2) is 4.98 Å². The summed E-state index contributed by atoms with van der Waals surface area (Å²) in [5.41, 5.74) is 5.09. The molecule has 0 aliphatic carbocycles. The summed E-state index contributed by atoms with van der Waals surface area (Å²) in [7, 11) is 0. The molecule has 1 atom stereocenters. The molecule has 1 N–H and O–H groups in total. The lowest BCUT2D eigenvalue weighted by molar-refractivity contribution is -0.132. The number of carbonyl (C=O) groups is 2. The molecule has 200 valence electrons. The topological polar surface area (TPSA) is 79.7 Å². The van der Waals surface area contributed by atoms with Crippen molar-refractivity contribution in [1.29, 1.82) is 0 Å². The first-order valence-electron chi connectivity index (χ1n) is 13.1. The minimum Gasteiger partial charge on any atom is -0.507 e. The molecule has 0 saturated carbocycles. The number of aliphatic hydroxyl groups excluding tert-OH is 1. The predicted octanol–water partition coefficient (Wildman–Crippen LogP) is 7.27. The third-order valence-electron chi connectivity index (χ3n) is 6.93. The van der Waals surface area contributed by atoms with E-state index in [9.17, 15) is 14.7 Å². The van der Waals surface area contributed by atoms with Crippen molar-refractivity contribution in [2.45, 2.75) is 47.1 Å². The second-order valence-electron chi connectivity index (χ2n) is 10.6. The molecule has 5 rings (SSSR count). The molecular weight excluding hydrogens is 508 g/mol. The van der Waals surface area contributed by atoms with Crippen LogP contribution in [0.25, 0.3) is 16.0 Å². The number of hydrogen-bond donors (Lipinski definition) is 1. The zero-order chi connectivity index (χ0) is 27.8. The van der Waals surface area contributed by atoms with Crippen molar-refractivity contribution in [2.75, 3.05) is 11.5 Å². The SMILES string of the molecule is Cc1ccc(C(O)=C2C(=O)C(=O)N(c3nc4c(C)cc(C)cc4s3)C2c2cccc(OCCC(C)C)c2)cc1. The number of benzene rings is 3. The average Bonchev–Trinajstić information content (AvgIpc) is 3.42. The Morgan fingerprint density at radius 1 is 1.03 bits per heavy atom. The fourth-order valence-corrected chi connectivity index (χ4v) is 6.03. The molecule has 4 aromatic rings. The summed E-state index contributed by atoms with van der Waals surface area (Å²) in [6.07, 6.45) is 0.903. The highest BCUT2D eigenvalue weighted by Gasteiger charge is 2.48. The number of ketones is 1. The molecule has 39 heavy (non-hydrogen) atoms. The summed E-state index contributed by atoms with van der Waals surface area (Å²) < 4.78 is 6.94. The number of thiazole rings is 1. The Morgan fingerprint density at radius 2 is 1.77 bits per heavy atom. The molecule has 1 saturated heterocycles. The van der Waals surface area contributed by atoms with Gasteiger partial charge in [-0.15, -0.1) is 0 Å². The van der Waals surface area contributed by atoms with Crippen LogP contribution < -0.4 is 9.64 Å². The van der Waals surface area contributed by atoms with Crippen molar-refractivity contribution in [3.05, 3.63) is 94.1 Å². The van der Waals surface area contributed by atoms with E-state index < -0.39 is 17.7 Å². The summed E-state index contributed by atoms with van der Waals surface area (Å²) in [6, 6.07) is 17.9. The van der Waals surface area contributed by atoms with Crippen LogP contribution in [0.1, 0.15) is 54.1 Å². The van der Waals surface area contributed by atoms with Crippen LogP contribution in [0.15, 0.2) is 66.2 Å². The molecule has 1 aliphatic heterocycles. The van der Waals surface area contributed by atoms with Gasteiger partial charge in [0.25, 0.3) is 5.78 Å². The third-order valence-corrected chi connectivity index (χ3v) is 7.93. The van der Waals surface area contributed by atoms with E-state index in [-0.39, 0.29) is 11.3 Å². The number of anilines is 1. The maximum Gasteiger partial charge on any atom is 0.301 e. The van der Waals surface area contributed by atoms with Crippen LogP contribution in [0.4, 0.5) is 5.13 Å². The van der Waals surface area contributed by atoms with E-state index in [2.05, 4.69) is 13.8 Å². The minimum absolute atomic E-state index is 0.0374. The van der Waals surface area contributed by atoms with Gasteiger partial charge in [0.1, 0.15) is 11.5 Å². The van der Waals surface area contributed by atoms with Crippen molar-refractivity contribution in [2.24, 2.45) is 5.92 Å². The summed E-state index contributed by atoms with van der Waals surface area (Å²) in [6.45, 7) is 10.8. The molecule has 6 nitrogen and oxygen atoms in total. The highest BCUT2D eigenvalue weighted by molar-refractivity contribution is 7.22. The lowest BCUT2D eigenvalue weighted by Crippen LogP contribution is -2.29. The van der Waals surface area contributed by atoms with Crippen LogP contribution in [-0.2, 0) is 9.59 Å². The van der Waals surface area contributed by atoms with Crippen molar-refractivity contribution < 1.29 is 19.4 Å². The van der Waals surface area contributed by atoms with E-state index in [4.69, 9.17) is 9.72 Å². The fraction of sp³-hybridized carbons (Fsp3) is 0.281. The Hall–Kier alpha value is -3.97. The number of amides is 1. The highest BCUT2D eigenvalue weighted by Crippen LogP contribution is 2.45. The van der Waals surface area contributed by atoms with Crippen molar-refractivity contribution in [3.8, 4) is 5.75 Å². The van der Waals surface area contributed by atoms with Gasteiger partial charge >= 0.3 is 5.91 Å². The van der Waals surface area contributed by atoms with Crippen molar-refractivity contribution in [1.82, 2.24) is 4.98 Å². The Bertz CT molecular complexity index is 1600. The number of Topliss-reactive ketones (excluding diaryl/α,β-unsaturated/α-hetero) is 1. The number of ether oxygens (including phenoxy) is 1. The summed E-state index contributed by atoms with van der Waals surface area (Å²) in [5, 5.41) is 11.8.